The fraction of sp³-hybridized carbons (Fsp3) is 0.429. The summed E-state index contributed by atoms with van der Waals surface area (Å²) in [7, 11) is -4.12. The van der Waals surface area contributed by atoms with Crippen LogP contribution in [0.5, 0.6) is 0 Å². The van der Waals surface area contributed by atoms with E-state index in [1.54, 1.807) is 6.92 Å². The molecule has 0 aromatic carbocycles. The van der Waals surface area contributed by atoms with Crippen LogP contribution in [0.2, 0.25) is 0 Å². The van der Waals surface area contributed by atoms with Crippen molar-refractivity contribution in [1.82, 2.24) is 0 Å². The summed E-state index contributed by atoms with van der Waals surface area (Å²) in [6.45, 7) is 1.67. The summed E-state index contributed by atoms with van der Waals surface area (Å²) in [5.74, 6) is -0.285. The van der Waals surface area contributed by atoms with Crippen molar-refractivity contribution in [3.05, 3.63) is 23.1 Å². The molecule has 68 valence electrons. The van der Waals surface area contributed by atoms with Crippen molar-refractivity contribution in [1.29, 1.82) is 0 Å². The number of aliphatic hydroxyl groups is 1. The van der Waals surface area contributed by atoms with E-state index in [0.717, 1.165) is 0 Å². The van der Waals surface area contributed by atoms with Crippen LogP contribution in [0, 0.1) is 5.92 Å². The van der Waals surface area contributed by atoms with Crippen LogP contribution in [-0.2, 0) is 10.1 Å². The molecule has 1 aliphatic carbocycles. The van der Waals surface area contributed by atoms with Gasteiger partial charge in [0.2, 0.25) is 0 Å². The predicted octanol–water partition coefficient (Wildman–Crippen LogP) is 0.325. The zero-order valence-corrected chi connectivity index (χ0v) is 7.32. The Morgan fingerprint density at radius 1 is 1.50 bits per heavy atom. The first-order valence-corrected chi connectivity index (χ1v) is 4.91. The molecule has 4 nitrogen and oxygen atoms in total. The maximum atomic E-state index is 10.6. The summed E-state index contributed by atoms with van der Waals surface area (Å²) >= 11 is 0. The smallest absolute Gasteiger partial charge is 0.294 e. The van der Waals surface area contributed by atoms with Gasteiger partial charge in [0.25, 0.3) is 10.1 Å². The van der Waals surface area contributed by atoms with E-state index >= 15 is 0 Å². The normalized spacial score (nSPS) is 30.1. The average Bonchev–Trinajstić information content (AvgIpc) is 1.92. The Morgan fingerprint density at radius 3 is 2.50 bits per heavy atom. The fourth-order valence-electron chi connectivity index (χ4n) is 0.954. The summed E-state index contributed by atoms with van der Waals surface area (Å²) in [6, 6.07) is 0. The van der Waals surface area contributed by atoms with E-state index in [0.29, 0.717) is 0 Å². The van der Waals surface area contributed by atoms with Gasteiger partial charge in [-0.3, -0.25) is 4.55 Å². The molecule has 0 bridgehead atoms. The molecule has 0 aromatic heterocycles. The first kappa shape index (κ1) is 9.44. The van der Waals surface area contributed by atoms with E-state index in [1.807, 2.05) is 0 Å². The third kappa shape index (κ3) is 1.94. The number of rotatable bonds is 1. The van der Waals surface area contributed by atoms with Crippen molar-refractivity contribution in [2.45, 2.75) is 13.0 Å². The number of aliphatic hydroxyl groups excluding tert-OH is 1. The molecule has 2 atom stereocenters. The van der Waals surface area contributed by atoms with Crippen LogP contribution in [0.1, 0.15) is 6.92 Å². The lowest BCUT2D eigenvalue weighted by atomic mass is 10.0. The minimum absolute atomic E-state index is 0.152. The molecule has 1 rings (SSSR count). The molecule has 2 N–H and O–H groups in total. The molecule has 1 aliphatic rings. The Morgan fingerprint density at radius 2 is 2.08 bits per heavy atom. The second-order valence-electron chi connectivity index (χ2n) is 2.75. The van der Waals surface area contributed by atoms with Crippen LogP contribution >= 0.6 is 0 Å². The molecule has 5 heteroatoms. The minimum atomic E-state index is -4.12. The van der Waals surface area contributed by atoms with Crippen molar-refractivity contribution >= 4 is 10.1 Å². The Hall–Kier alpha value is -0.650. The zero-order valence-electron chi connectivity index (χ0n) is 6.51. The van der Waals surface area contributed by atoms with E-state index in [9.17, 15) is 8.42 Å². The molecule has 0 aromatic rings. The maximum Gasteiger partial charge on any atom is 0.294 e. The van der Waals surface area contributed by atoms with Crippen LogP contribution in [0.15, 0.2) is 23.1 Å². The SMILES string of the molecule is CC1C=C(S(=O)(=O)O)C=CC1O. The molecule has 0 heterocycles. The molecule has 0 amide bonds. The molecule has 0 radical (unpaired) electrons. The number of allylic oxidation sites excluding steroid dienone is 1. The Balaban J connectivity index is 2.99. The van der Waals surface area contributed by atoms with Gasteiger partial charge >= 0.3 is 0 Å². The van der Waals surface area contributed by atoms with Gasteiger partial charge in [0.05, 0.1) is 11.0 Å². The molecule has 0 aliphatic heterocycles. The summed E-state index contributed by atoms with van der Waals surface area (Å²) in [6.07, 6.45) is 3.18. The van der Waals surface area contributed by atoms with E-state index in [-0.39, 0.29) is 10.8 Å². The van der Waals surface area contributed by atoms with Gasteiger partial charge in [-0.1, -0.05) is 19.1 Å². The van der Waals surface area contributed by atoms with Gasteiger partial charge < -0.3 is 5.11 Å². The average molecular weight is 190 g/mol. The lowest BCUT2D eigenvalue weighted by Gasteiger charge is -2.16. The Labute approximate surface area is 71.0 Å². The number of hydrogen-bond donors (Lipinski definition) is 2. The molecule has 12 heavy (non-hydrogen) atoms. The van der Waals surface area contributed by atoms with E-state index in [4.69, 9.17) is 9.66 Å². The van der Waals surface area contributed by atoms with E-state index in [1.165, 1.54) is 18.2 Å². The van der Waals surface area contributed by atoms with Gasteiger partial charge in [-0.2, -0.15) is 8.42 Å². The van der Waals surface area contributed by atoms with Crippen LogP contribution in [0.25, 0.3) is 0 Å². The fourth-order valence-corrected chi connectivity index (χ4v) is 1.59. The van der Waals surface area contributed by atoms with Crippen molar-refractivity contribution in [3.63, 3.8) is 0 Å². The molecular weight excluding hydrogens is 180 g/mol. The lowest BCUT2D eigenvalue weighted by Crippen LogP contribution is -2.18. The second-order valence-corrected chi connectivity index (χ2v) is 4.17. The quantitative estimate of drug-likeness (QED) is 0.584. The van der Waals surface area contributed by atoms with Gasteiger partial charge in [-0.15, -0.1) is 0 Å². The Kier molecular flexibility index (Phi) is 2.36. The molecule has 0 saturated heterocycles. The van der Waals surface area contributed by atoms with Crippen LogP contribution in [-0.4, -0.2) is 24.2 Å². The van der Waals surface area contributed by atoms with E-state index in [2.05, 4.69) is 0 Å². The van der Waals surface area contributed by atoms with Crippen molar-refractivity contribution in [2.24, 2.45) is 5.92 Å². The zero-order chi connectivity index (χ0) is 9.35. The Bertz CT molecular complexity index is 325. The van der Waals surface area contributed by atoms with E-state index < -0.39 is 16.2 Å². The summed E-state index contributed by atoms with van der Waals surface area (Å²) < 4.78 is 29.8. The predicted molar refractivity (Wildman–Crippen MR) is 43.9 cm³/mol. The van der Waals surface area contributed by atoms with Crippen LogP contribution in [0.3, 0.4) is 0 Å². The van der Waals surface area contributed by atoms with Crippen molar-refractivity contribution < 1.29 is 18.1 Å². The summed E-state index contributed by atoms with van der Waals surface area (Å²) in [5, 5.41) is 9.15. The van der Waals surface area contributed by atoms with Crippen LogP contribution in [0.4, 0.5) is 0 Å². The lowest BCUT2D eigenvalue weighted by molar-refractivity contribution is 0.183. The highest BCUT2D eigenvalue weighted by atomic mass is 32.2. The molecule has 0 fully saturated rings. The second kappa shape index (κ2) is 3.01. The standard InChI is InChI=1S/C7H10O4S/c1-5-4-6(12(9,10)11)2-3-7(5)8/h2-5,7-8H,1H3,(H,9,10,11). The first-order valence-electron chi connectivity index (χ1n) is 3.47. The molecular formula is C7H10O4S. The highest BCUT2D eigenvalue weighted by Crippen LogP contribution is 2.19. The molecule has 2 unspecified atom stereocenters. The van der Waals surface area contributed by atoms with Gasteiger partial charge in [0.15, 0.2) is 0 Å². The topological polar surface area (TPSA) is 74.6 Å². The monoisotopic (exact) mass is 190 g/mol. The van der Waals surface area contributed by atoms with Gasteiger partial charge in [0, 0.05) is 5.92 Å². The van der Waals surface area contributed by atoms with Crippen molar-refractivity contribution in [2.75, 3.05) is 0 Å². The van der Waals surface area contributed by atoms with Crippen LogP contribution < -0.4 is 0 Å². The number of hydrogen-bond acceptors (Lipinski definition) is 3. The summed E-state index contributed by atoms with van der Waals surface area (Å²) in [4.78, 5) is -0.152. The van der Waals surface area contributed by atoms with Gasteiger partial charge in [-0.25, -0.2) is 0 Å². The largest absolute Gasteiger partial charge is 0.388 e. The third-order valence-corrected chi connectivity index (χ3v) is 2.59. The highest BCUT2D eigenvalue weighted by Gasteiger charge is 2.19. The first-order chi connectivity index (χ1) is 5.41. The minimum Gasteiger partial charge on any atom is -0.388 e. The van der Waals surface area contributed by atoms with Gasteiger partial charge in [-0.05, 0) is 6.08 Å². The molecule has 0 spiro atoms. The van der Waals surface area contributed by atoms with Crippen molar-refractivity contribution in [3.8, 4) is 0 Å². The third-order valence-electron chi connectivity index (χ3n) is 1.72. The maximum absolute atomic E-state index is 10.6. The highest BCUT2D eigenvalue weighted by molar-refractivity contribution is 7.90. The molecule has 0 saturated carbocycles. The van der Waals surface area contributed by atoms with Gasteiger partial charge in [0.1, 0.15) is 0 Å². The summed E-state index contributed by atoms with van der Waals surface area (Å²) in [5.41, 5.74) is 0.